The SMILES string of the molecule is C/C(CCc1ccnc(N)c1)=C(/CO)C[C@@]12O[C@]1(C(=O)OC[C@H](O)CCc1ccccc1)C(=O)c1c(CC(C)C)cccc1C2=O. The summed E-state index contributed by atoms with van der Waals surface area (Å²) in [5, 5.41) is 21.1. The van der Waals surface area contributed by atoms with Gasteiger partial charge in [-0.3, -0.25) is 9.59 Å². The zero-order valence-corrected chi connectivity index (χ0v) is 26.6. The number of aliphatic hydroxyl groups excluding tert-OH is 2. The number of hydrogen-bond acceptors (Lipinski definition) is 9. The minimum Gasteiger partial charge on any atom is -0.460 e. The second kappa shape index (κ2) is 13.7. The van der Waals surface area contributed by atoms with Gasteiger partial charge in [-0.1, -0.05) is 68.0 Å². The molecule has 2 aliphatic rings. The second-order valence-electron chi connectivity index (χ2n) is 12.8. The van der Waals surface area contributed by atoms with E-state index in [1.54, 1.807) is 30.5 Å². The van der Waals surface area contributed by atoms with E-state index in [1.807, 2.05) is 57.2 Å². The number of anilines is 1. The number of hydrogen-bond donors (Lipinski definition) is 3. The van der Waals surface area contributed by atoms with Gasteiger partial charge in [0, 0.05) is 23.7 Å². The van der Waals surface area contributed by atoms with Crippen LogP contribution in [0.5, 0.6) is 0 Å². The van der Waals surface area contributed by atoms with Gasteiger partial charge in [-0.15, -0.1) is 0 Å². The summed E-state index contributed by atoms with van der Waals surface area (Å²) in [7, 11) is 0. The molecule has 0 saturated carbocycles. The van der Waals surface area contributed by atoms with Crippen molar-refractivity contribution in [1.82, 2.24) is 4.98 Å². The van der Waals surface area contributed by atoms with E-state index in [-0.39, 0.29) is 36.7 Å². The van der Waals surface area contributed by atoms with Crippen molar-refractivity contribution in [3.05, 3.63) is 106 Å². The van der Waals surface area contributed by atoms with Crippen molar-refractivity contribution in [3.63, 3.8) is 0 Å². The van der Waals surface area contributed by atoms with Gasteiger partial charge in [0.15, 0.2) is 11.4 Å². The highest BCUT2D eigenvalue weighted by Crippen LogP contribution is 2.60. The van der Waals surface area contributed by atoms with Crippen molar-refractivity contribution in [3.8, 4) is 0 Å². The number of epoxide rings is 1. The number of benzene rings is 2. The first-order chi connectivity index (χ1) is 22.0. The van der Waals surface area contributed by atoms with Gasteiger partial charge in [0.2, 0.25) is 5.78 Å². The molecule has 0 radical (unpaired) electrons. The molecule has 9 heteroatoms. The predicted octanol–water partition coefficient (Wildman–Crippen LogP) is 4.62. The van der Waals surface area contributed by atoms with Crippen LogP contribution >= 0.6 is 0 Å². The number of nitrogens with two attached hydrogens (primary N) is 1. The number of aromatic nitrogens is 1. The van der Waals surface area contributed by atoms with Gasteiger partial charge in [0.1, 0.15) is 12.4 Å². The summed E-state index contributed by atoms with van der Waals surface area (Å²) in [6, 6.07) is 18.4. The summed E-state index contributed by atoms with van der Waals surface area (Å²) in [5.74, 6) is -1.52. The quantitative estimate of drug-likeness (QED) is 0.101. The lowest BCUT2D eigenvalue weighted by Crippen LogP contribution is -2.51. The number of fused-ring (bicyclic) bond motifs is 2. The predicted molar refractivity (Wildman–Crippen MR) is 173 cm³/mol. The molecule has 9 nitrogen and oxygen atoms in total. The highest BCUT2D eigenvalue weighted by molar-refractivity contribution is 6.33. The molecule has 3 aromatic rings. The first-order valence-electron chi connectivity index (χ1n) is 15.8. The average molecular weight is 627 g/mol. The number of rotatable bonds is 14. The molecule has 242 valence electrons. The van der Waals surface area contributed by atoms with Gasteiger partial charge >= 0.3 is 5.97 Å². The first-order valence-corrected chi connectivity index (χ1v) is 15.8. The van der Waals surface area contributed by atoms with E-state index in [2.05, 4.69) is 4.98 Å². The van der Waals surface area contributed by atoms with Crippen LogP contribution in [-0.4, -0.2) is 63.3 Å². The molecule has 46 heavy (non-hydrogen) atoms. The summed E-state index contributed by atoms with van der Waals surface area (Å²) in [6.07, 6.45) is 3.08. The third kappa shape index (κ3) is 6.40. The van der Waals surface area contributed by atoms with E-state index in [4.69, 9.17) is 15.2 Å². The van der Waals surface area contributed by atoms with Crippen LogP contribution in [0.4, 0.5) is 5.82 Å². The van der Waals surface area contributed by atoms with Crippen LogP contribution in [0.25, 0.3) is 0 Å². The van der Waals surface area contributed by atoms with Crippen LogP contribution < -0.4 is 5.73 Å². The number of carbonyl (C=O) groups excluding carboxylic acids is 3. The fraction of sp³-hybridized carbons (Fsp3) is 0.405. The van der Waals surface area contributed by atoms with Crippen molar-refractivity contribution < 1.29 is 34.1 Å². The molecule has 1 aliphatic heterocycles. The van der Waals surface area contributed by atoms with Crippen molar-refractivity contribution in [2.45, 2.75) is 76.6 Å². The van der Waals surface area contributed by atoms with Crippen molar-refractivity contribution in [2.24, 2.45) is 5.92 Å². The monoisotopic (exact) mass is 626 g/mol. The summed E-state index contributed by atoms with van der Waals surface area (Å²) >= 11 is 0. The van der Waals surface area contributed by atoms with Gasteiger partial charge in [0.25, 0.3) is 5.60 Å². The van der Waals surface area contributed by atoms with Crippen LogP contribution in [0, 0.1) is 5.92 Å². The van der Waals surface area contributed by atoms with E-state index in [1.165, 1.54) is 0 Å². The average Bonchev–Trinajstić information content (AvgIpc) is 3.75. The summed E-state index contributed by atoms with van der Waals surface area (Å²) in [6.45, 7) is 5.12. The largest absolute Gasteiger partial charge is 0.460 e. The fourth-order valence-electron chi connectivity index (χ4n) is 6.41. The van der Waals surface area contributed by atoms with Gasteiger partial charge in [-0.05, 0) is 79.3 Å². The Morgan fingerprint density at radius 2 is 1.78 bits per heavy atom. The maximum Gasteiger partial charge on any atom is 0.350 e. The minimum atomic E-state index is -2.20. The molecule has 1 aromatic heterocycles. The van der Waals surface area contributed by atoms with Crippen LogP contribution in [0.1, 0.15) is 77.4 Å². The molecule has 1 aliphatic carbocycles. The van der Waals surface area contributed by atoms with Crippen LogP contribution in [-0.2, 0) is 33.5 Å². The molecule has 4 N–H and O–H groups in total. The smallest absolute Gasteiger partial charge is 0.350 e. The third-order valence-electron chi connectivity index (χ3n) is 8.99. The number of aryl methyl sites for hydroxylation is 2. The maximum atomic E-state index is 14.4. The van der Waals surface area contributed by atoms with Gasteiger partial charge in [0.05, 0.1) is 12.7 Å². The number of Topliss-reactive ketones (excluding diaryl/α,β-unsaturated/α-hetero) is 2. The molecule has 2 heterocycles. The maximum absolute atomic E-state index is 14.4. The molecule has 1 fully saturated rings. The number of allylic oxidation sites excluding steroid dienone is 1. The van der Waals surface area contributed by atoms with E-state index in [9.17, 15) is 24.6 Å². The zero-order chi connectivity index (χ0) is 33.1. The van der Waals surface area contributed by atoms with Crippen molar-refractivity contribution in [2.75, 3.05) is 18.9 Å². The Morgan fingerprint density at radius 1 is 1.02 bits per heavy atom. The van der Waals surface area contributed by atoms with Crippen LogP contribution in [0.3, 0.4) is 0 Å². The van der Waals surface area contributed by atoms with E-state index >= 15 is 0 Å². The zero-order valence-electron chi connectivity index (χ0n) is 26.6. The Morgan fingerprint density at radius 3 is 2.48 bits per heavy atom. The van der Waals surface area contributed by atoms with Crippen LogP contribution in [0.15, 0.2) is 78.0 Å². The highest BCUT2D eigenvalue weighted by Gasteiger charge is 2.85. The number of ketones is 2. The Kier molecular flexibility index (Phi) is 9.86. The van der Waals surface area contributed by atoms with E-state index in [0.717, 1.165) is 16.7 Å². The molecule has 3 atom stereocenters. The molecule has 5 rings (SSSR count). The molecular formula is C37H42N2O7. The summed E-state index contributed by atoms with van der Waals surface area (Å²) < 4.78 is 11.6. The minimum absolute atomic E-state index is 0.155. The van der Waals surface area contributed by atoms with E-state index in [0.29, 0.717) is 49.1 Å². The van der Waals surface area contributed by atoms with Gasteiger partial charge in [-0.25, -0.2) is 9.78 Å². The number of carbonyl (C=O) groups is 3. The lowest BCUT2D eigenvalue weighted by molar-refractivity contribution is -0.151. The number of nitrogens with zero attached hydrogens (tertiary/aromatic N) is 1. The molecule has 0 amide bonds. The molecular weight excluding hydrogens is 584 g/mol. The standard InChI is InChI=1S/C37H42N2O7/c1-23(2)18-27-10-7-11-30-32(27)34(43)37(35(44)45-22-29(41)15-14-25-8-5-4-6-9-25)36(46-37,33(30)42)20-28(21-40)24(3)12-13-26-16-17-39-31(38)19-26/h4-11,16-17,19,23,29,40-41H,12-15,18,20-22H2,1-3H3,(H2,38,39)/b28-24-/t29-,36+,37+/m1/s1. The second-order valence-corrected chi connectivity index (χ2v) is 12.8. The van der Waals surface area contributed by atoms with Gasteiger partial charge in [-0.2, -0.15) is 0 Å². The van der Waals surface area contributed by atoms with E-state index < -0.39 is 34.8 Å². The molecule has 0 spiro atoms. The Bertz CT molecular complexity index is 1650. The highest BCUT2D eigenvalue weighted by atomic mass is 16.7. The van der Waals surface area contributed by atoms with Crippen molar-refractivity contribution in [1.29, 1.82) is 0 Å². The van der Waals surface area contributed by atoms with Crippen molar-refractivity contribution >= 4 is 23.4 Å². The Labute approximate surface area is 269 Å². The lowest BCUT2D eigenvalue weighted by atomic mass is 9.69. The fourth-order valence-corrected chi connectivity index (χ4v) is 6.41. The summed E-state index contributed by atoms with van der Waals surface area (Å²) in [4.78, 5) is 46.6. The number of pyridine rings is 1. The molecule has 0 unspecified atom stereocenters. The number of aliphatic hydroxyl groups is 2. The first kappa shape index (κ1) is 33.2. The Balaban J connectivity index is 1.43. The molecule has 2 aromatic carbocycles. The number of esters is 1. The number of ether oxygens (including phenoxy) is 2. The van der Waals surface area contributed by atoms with Crippen LogP contribution in [0.2, 0.25) is 0 Å². The third-order valence-corrected chi connectivity index (χ3v) is 8.99. The topological polar surface area (TPSA) is 152 Å². The Hall–Kier alpha value is -4.18. The molecule has 1 saturated heterocycles. The normalized spacial score (nSPS) is 21.3. The number of nitrogen functional groups attached to an aromatic ring is 1. The lowest BCUT2D eigenvalue weighted by Gasteiger charge is -2.27. The molecule has 0 bridgehead atoms. The summed E-state index contributed by atoms with van der Waals surface area (Å²) in [5.41, 5.74) is 6.10. The van der Waals surface area contributed by atoms with Gasteiger partial charge < -0.3 is 25.4 Å².